The Morgan fingerprint density at radius 2 is 1.80 bits per heavy atom. The maximum Gasteiger partial charge on any atom is 0.340 e. The van der Waals surface area contributed by atoms with Gasteiger partial charge in [-0.2, -0.15) is 8.99 Å². The maximum atomic E-state index is 13.3. The molecule has 0 aliphatic heterocycles. The van der Waals surface area contributed by atoms with Gasteiger partial charge in [-0.15, -0.1) is 5.10 Å². The molecule has 0 radical (unpaired) electrons. The first-order valence-corrected chi connectivity index (χ1v) is 12.7. The summed E-state index contributed by atoms with van der Waals surface area (Å²) in [5.41, 5.74) is 0.695. The molecule has 1 saturated carbocycles. The van der Waals surface area contributed by atoms with Gasteiger partial charge in [0.05, 0.1) is 16.9 Å². The monoisotopic (exact) mass is 498 g/mol. The molecule has 0 bridgehead atoms. The molecule has 0 spiro atoms. The molecule has 11 nitrogen and oxygen atoms in total. The van der Waals surface area contributed by atoms with Crippen molar-refractivity contribution in [2.75, 3.05) is 19.0 Å². The molecule has 1 N–H and O–H groups in total. The predicted molar refractivity (Wildman–Crippen MR) is 126 cm³/mol. The molecule has 1 aliphatic rings. The summed E-state index contributed by atoms with van der Waals surface area (Å²) >= 11 is 0. The molecule has 2 aromatic carbocycles. The smallest absolute Gasteiger partial charge is 0.340 e. The number of tetrazole rings is 1. The number of para-hydroxylation sites is 2. The lowest BCUT2D eigenvalue weighted by Crippen LogP contribution is -2.38. The number of carbonyl (C=O) groups is 2. The Morgan fingerprint density at radius 1 is 1.09 bits per heavy atom. The molecule has 0 atom stereocenters. The van der Waals surface area contributed by atoms with E-state index in [1.165, 1.54) is 33.5 Å². The number of ether oxygens (including phenoxy) is 1. The van der Waals surface area contributed by atoms with Crippen LogP contribution < -0.4 is 5.32 Å². The topological polar surface area (TPSA) is 136 Å². The van der Waals surface area contributed by atoms with Gasteiger partial charge in [-0.3, -0.25) is 4.79 Å². The number of nitrogens with zero attached hydrogens (tertiary/aromatic N) is 5. The molecule has 184 valence electrons. The van der Waals surface area contributed by atoms with Gasteiger partial charge in [-0.25, -0.2) is 13.2 Å². The number of amides is 1. The molecule has 1 heterocycles. The number of benzene rings is 2. The van der Waals surface area contributed by atoms with Crippen molar-refractivity contribution in [3.63, 3.8) is 0 Å². The maximum absolute atomic E-state index is 13.3. The van der Waals surface area contributed by atoms with E-state index in [0.29, 0.717) is 5.69 Å². The fraction of sp³-hybridized carbons (Fsp3) is 0.348. The third kappa shape index (κ3) is 5.54. The second-order valence-corrected chi connectivity index (χ2v) is 10.2. The molecule has 1 aromatic heterocycles. The minimum atomic E-state index is -3.83. The number of rotatable bonds is 8. The van der Waals surface area contributed by atoms with Crippen molar-refractivity contribution in [3.8, 4) is 5.69 Å². The second-order valence-electron chi connectivity index (χ2n) is 8.21. The standard InChI is InChI=1S/C23H26N6O5S/c1-28(17-9-3-2-4-10-17)35(32,33)21-14-8-6-12-19(21)25-22(30)15-34-23(31)18-11-5-7-13-20(18)29-16-24-26-27-29/h5-8,11-14,16-17H,2-4,9-10,15H2,1H3,(H,25,30). The minimum Gasteiger partial charge on any atom is -0.452 e. The van der Waals surface area contributed by atoms with Gasteiger partial charge in [0.15, 0.2) is 6.61 Å². The Morgan fingerprint density at radius 3 is 2.54 bits per heavy atom. The van der Waals surface area contributed by atoms with Gasteiger partial charge in [0.2, 0.25) is 10.0 Å². The van der Waals surface area contributed by atoms with E-state index in [4.69, 9.17) is 4.74 Å². The number of esters is 1. The third-order valence-electron chi connectivity index (χ3n) is 5.96. The van der Waals surface area contributed by atoms with Gasteiger partial charge in [-0.1, -0.05) is 43.5 Å². The summed E-state index contributed by atoms with van der Waals surface area (Å²) in [5, 5.41) is 13.4. The van der Waals surface area contributed by atoms with E-state index in [1.54, 1.807) is 37.4 Å². The van der Waals surface area contributed by atoms with Crippen LogP contribution >= 0.6 is 0 Å². The number of carbonyl (C=O) groups excluding carboxylic acids is 2. The van der Waals surface area contributed by atoms with Gasteiger partial charge in [0.1, 0.15) is 11.2 Å². The average Bonchev–Trinajstić information content (AvgIpc) is 3.42. The van der Waals surface area contributed by atoms with E-state index in [2.05, 4.69) is 20.8 Å². The number of nitrogens with one attached hydrogen (secondary N) is 1. The summed E-state index contributed by atoms with van der Waals surface area (Å²) < 4.78 is 34.5. The SMILES string of the molecule is CN(C1CCCCC1)S(=O)(=O)c1ccccc1NC(=O)COC(=O)c1ccccc1-n1cnnn1. The highest BCUT2D eigenvalue weighted by Crippen LogP contribution is 2.29. The van der Waals surface area contributed by atoms with Crippen LogP contribution in [0.1, 0.15) is 42.5 Å². The molecule has 12 heteroatoms. The Bertz CT molecular complexity index is 1290. The molecule has 0 saturated heterocycles. The average molecular weight is 499 g/mol. The van der Waals surface area contributed by atoms with E-state index >= 15 is 0 Å². The zero-order chi connectivity index (χ0) is 24.8. The van der Waals surface area contributed by atoms with Crippen LogP contribution in [0.4, 0.5) is 5.69 Å². The van der Waals surface area contributed by atoms with Crippen LogP contribution in [0.2, 0.25) is 0 Å². The number of hydrogen-bond donors (Lipinski definition) is 1. The predicted octanol–water partition coefficient (Wildman–Crippen LogP) is 2.41. The van der Waals surface area contributed by atoms with Gasteiger partial charge in [0, 0.05) is 13.1 Å². The van der Waals surface area contributed by atoms with Crippen LogP contribution in [0.25, 0.3) is 5.69 Å². The first-order chi connectivity index (χ1) is 16.9. The molecule has 1 fully saturated rings. The summed E-state index contributed by atoms with van der Waals surface area (Å²) in [6, 6.07) is 12.6. The Hall–Kier alpha value is -3.64. The summed E-state index contributed by atoms with van der Waals surface area (Å²) in [7, 11) is -2.25. The van der Waals surface area contributed by atoms with E-state index in [-0.39, 0.29) is 22.2 Å². The quantitative estimate of drug-likeness (QED) is 0.468. The van der Waals surface area contributed by atoms with Crippen molar-refractivity contribution < 1.29 is 22.7 Å². The Balaban J connectivity index is 1.44. The highest BCUT2D eigenvalue weighted by Gasteiger charge is 2.31. The van der Waals surface area contributed by atoms with Crippen molar-refractivity contribution in [1.82, 2.24) is 24.5 Å². The molecular formula is C23H26N6O5S. The zero-order valence-corrected chi connectivity index (χ0v) is 20.0. The summed E-state index contributed by atoms with van der Waals surface area (Å²) in [4.78, 5) is 25.2. The highest BCUT2D eigenvalue weighted by atomic mass is 32.2. The molecule has 35 heavy (non-hydrogen) atoms. The molecule has 3 aromatic rings. The lowest BCUT2D eigenvalue weighted by Gasteiger charge is -2.30. The van der Waals surface area contributed by atoms with Gasteiger partial charge < -0.3 is 10.1 Å². The highest BCUT2D eigenvalue weighted by molar-refractivity contribution is 7.89. The number of anilines is 1. The first-order valence-electron chi connectivity index (χ1n) is 11.2. The molecule has 1 amide bonds. The fourth-order valence-corrected chi connectivity index (χ4v) is 5.66. The fourth-order valence-electron chi connectivity index (χ4n) is 4.10. The van der Waals surface area contributed by atoms with Crippen LogP contribution in [0.5, 0.6) is 0 Å². The van der Waals surface area contributed by atoms with E-state index in [9.17, 15) is 18.0 Å². The van der Waals surface area contributed by atoms with Crippen LogP contribution in [-0.2, 0) is 19.6 Å². The Kier molecular flexibility index (Phi) is 7.51. The van der Waals surface area contributed by atoms with E-state index in [0.717, 1.165) is 32.1 Å². The number of hydrogen-bond acceptors (Lipinski definition) is 8. The van der Waals surface area contributed by atoms with Crippen LogP contribution in [0, 0.1) is 0 Å². The van der Waals surface area contributed by atoms with Crippen molar-refractivity contribution in [2.24, 2.45) is 0 Å². The summed E-state index contributed by atoms with van der Waals surface area (Å²) in [5.74, 6) is -1.41. The number of sulfonamides is 1. The van der Waals surface area contributed by atoms with E-state index in [1.807, 2.05) is 0 Å². The lowest BCUT2D eigenvalue weighted by atomic mass is 9.96. The van der Waals surface area contributed by atoms with Crippen molar-refractivity contribution >= 4 is 27.6 Å². The van der Waals surface area contributed by atoms with Crippen LogP contribution in [0.15, 0.2) is 59.8 Å². The largest absolute Gasteiger partial charge is 0.452 e. The molecular weight excluding hydrogens is 472 g/mol. The van der Waals surface area contributed by atoms with Gasteiger partial charge in [-0.05, 0) is 47.5 Å². The summed E-state index contributed by atoms with van der Waals surface area (Å²) in [6.07, 6.45) is 6.05. The van der Waals surface area contributed by atoms with Gasteiger partial charge >= 0.3 is 5.97 Å². The molecule has 4 rings (SSSR count). The van der Waals surface area contributed by atoms with Crippen LogP contribution in [-0.4, -0.2) is 64.5 Å². The minimum absolute atomic E-state index is 0.00298. The van der Waals surface area contributed by atoms with Crippen molar-refractivity contribution in [3.05, 3.63) is 60.4 Å². The lowest BCUT2D eigenvalue weighted by molar-refractivity contribution is -0.119. The van der Waals surface area contributed by atoms with Crippen LogP contribution in [0.3, 0.4) is 0 Å². The first kappa shape index (κ1) is 24.5. The second kappa shape index (κ2) is 10.7. The van der Waals surface area contributed by atoms with E-state index < -0.39 is 28.5 Å². The zero-order valence-electron chi connectivity index (χ0n) is 19.2. The Labute approximate surface area is 203 Å². The van der Waals surface area contributed by atoms with Crippen molar-refractivity contribution in [2.45, 2.75) is 43.0 Å². The van der Waals surface area contributed by atoms with Gasteiger partial charge in [0.25, 0.3) is 5.91 Å². The molecule has 1 aliphatic carbocycles. The number of aromatic nitrogens is 4. The third-order valence-corrected chi connectivity index (χ3v) is 7.93. The summed E-state index contributed by atoms with van der Waals surface area (Å²) in [6.45, 7) is -0.602. The van der Waals surface area contributed by atoms with Crippen molar-refractivity contribution in [1.29, 1.82) is 0 Å². The normalized spacial score (nSPS) is 14.6. The molecule has 0 unspecified atom stereocenters.